The Labute approximate surface area is 193 Å². The first-order valence-corrected chi connectivity index (χ1v) is 13.1. The highest BCUT2D eigenvalue weighted by atomic mass is 16.5. The second kappa shape index (κ2) is 19.6. The van der Waals surface area contributed by atoms with E-state index in [0.29, 0.717) is 32.0 Å². The summed E-state index contributed by atoms with van der Waals surface area (Å²) in [6.45, 7) is 11.9. The topological polar surface area (TPSA) is 52.6 Å². The Morgan fingerprint density at radius 3 is 1.61 bits per heavy atom. The maximum absolute atomic E-state index is 11.8. The first-order chi connectivity index (χ1) is 14.7. The Morgan fingerprint density at radius 1 is 0.677 bits per heavy atom. The molecule has 0 N–H and O–H groups in total. The summed E-state index contributed by atoms with van der Waals surface area (Å²) in [4.78, 5) is 23.6. The van der Waals surface area contributed by atoms with E-state index in [1.54, 1.807) is 0 Å². The third kappa shape index (κ3) is 23.4. The lowest BCUT2D eigenvalue weighted by Crippen LogP contribution is -2.17. The zero-order valence-corrected chi connectivity index (χ0v) is 21.4. The third-order valence-electron chi connectivity index (χ3n) is 5.51. The average molecular weight is 441 g/mol. The molecule has 4 nitrogen and oxygen atoms in total. The van der Waals surface area contributed by atoms with E-state index in [2.05, 4.69) is 34.6 Å². The van der Waals surface area contributed by atoms with E-state index in [9.17, 15) is 9.59 Å². The predicted octanol–water partition coefficient (Wildman–Crippen LogP) is 8.02. The summed E-state index contributed by atoms with van der Waals surface area (Å²) in [5, 5.41) is 0. The number of carbonyl (C=O) groups excluding carboxylic acids is 2. The lowest BCUT2D eigenvalue weighted by molar-refractivity contribution is -0.146. The van der Waals surface area contributed by atoms with E-state index >= 15 is 0 Å². The molecule has 0 aliphatic heterocycles. The Morgan fingerprint density at radius 2 is 1.13 bits per heavy atom. The molecule has 1 unspecified atom stereocenters. The van der Waals surface area contributed by atoms with E-state index in [-0.39, 0.29) is 23.8 Å². The molecule has 4 heteroatoms. The molecular formula is C27H52O4. The minimum Gasteiger partial charge on any atom is -0.466 e. The van der Waals surface area contributed by atoms with Crippen LogP contribution in [0.15, 0.2) is 0 Å². The molecule has 0 bridgehead atoms. The highest BCUT2D eigenvalue weighted by Crippen LogP contribution is 2.24. The zero-order valence-electron chi connectivity index (χ0n) is 21.4. The molecule has 1 atom stereocenters. The van der Waals surface area contributed by atoms with Crippen LogP contribution in [0.2, 0.25) is 0 Å². The van der Waals surface area contributed by atoms with Crippen LogP contribution in [0.5, 0.6) is 0 Å². The predicted molar refractivity (Wildman–Crippen MR) is 130 cm³/mol. The van der Waals surface area contributed by atoms with Crippen LogP contribution in [0, 0.1) is 11.3 Å². The van der Waals surface area contributed by atoms with E-state index in [4.69, 9.17) is 9.47 Å². The second-order valence-electron chi connectivity index (χ2n) is 10.5. The molecule has 0 aromatic rings. The van der Waals surface area contributed by atoms with Crippen LogP contribution in [-0.4, -0.2) is 25.2 Å². The summed E-state index contributed by atoms with van der Waals surface area (Å²) in [7, 11) is 0. The van der Waals surface area contributed by atoms with Crippen LogP contribution in [0.25, 0.3) is 0 Å². The van der Waals surface area contributed by atoms with Gasteiger partial charge >= 0.3 is 11.9 Å². The van der Waals surface area contributed by atoms with Crippen molar-refractivity contribution in [1.29, 1.82) is 0 Å². The van der Waals surface area contributed by atoms with Crippen molar-refractivity contribution < 1.29 is 19.1 Å². The van der Waals surface area contributed by atoms with Gasteiger partial charge in [0, 0.05) is 12.8 Å². The van der Waals surface area contributed by atoms with Gasteiger partial charge in [-0.25, -0.2) is 0 Å². The van der Waals surface area contributed by atoms with Gasteiger partial charge in [-0.05, 0) is 30.6 Å². The number of rotatable bonds is 20. The van der Waals surface area contributed by atoms with Crippen LogP contribution in [0.4, 0.5) is 0 Å². The Bertz CT molecular complexity index is 439. The van der Waals surface area contributed by atoms with Gasteiger partial charge in [-0.1, -0.05) is 105 Å². The fourth-order valence-electron chi connectivity index (χ4n) is 3.99. The van der Waals surface area contributed by atoms with Gasteiger partial charge in [0.1, 0.15) is 0 Å². The van der Waals surface area contributed by atoms with Crippen molar-refractivity contribution in [1.82, 2.24) is 0 Å². The zero-order chi connectivity index (χ0) is 23.4. The van der Waals surface area contributed by atoms with E-state index in [1.807, 2.05) is 0 Å². The maximum atomic E-state index is 11.8. The molecule has 0 heterocycles. The van der Waals surface area contributed by atoms with Crippen LogP contribution in [-0.2, 0) is 19.1 Å². The highest BCUT2D eigenvalue weighted by molar-refractivity contribution is 5.72. The Balaban J connectivity index is 3.42. The monoisotopic (exact) mass is 440 g/mol. The average Bonchev–Trinajstić information content (AvgIpc) is 2.68. The summed E-state index contributed by atoms with van der Waals surface area (Å²) in [6.07, 6.45) is 17.7. The number of esters is 2. The minimum absolute atomic E-state index is 0.197. The number of unbranched alkanes of at least 4 members (excludes halogenated alkanes) is 11. The molecule has 0 saturated carbocycles. The fraction of sp³-hybridized carbons (Fsp3) is 0.926. The standard InChI is InChI=1S/C27H52O4/c1-6-7-8-9-10-11-12-13-14-15-16-17-21-30-25(28)19-18-20-26(29)31-23-24(2)22-27(3,4)5/h24H,6-23H2,1-5H3. The van der Waals surface area contributed by atoms with Gasteiger partial charge in [-0.15, -0.1) is 0 Å². The van der Waals surface area contributed by atoms with Gasteiger partial charge < -0.3 is 9.47 Å². The lowest BCUT2D eigenvalue weighted by atomic mass is 9.86. The summed E-state index contributed by atoms with van der Waals surface area (Å²) in [6, 6.07) is 0. The van der Waals surface area contributed by atoms with Crippen molar-refractivity contribution in [3.05, 3.63) is 0 Å². The molecule has 0 rings (SSSR count). The Hall–Kier alpha value is -1.06. The van der Waals surface area contributed by atoms with Crippen LogP contribution < -0.4 is 0 Å². The van der Waals surface area contributed by atoms with Gasteiger partial charge in [0.25, 0.3) is 0 Å². The summed E-state index contributed by atoms with van der Waals surface area (Å²) in [5.74, 6) is -0.0593. The minimum atomic E-state index is -0.213. The van der Waals surface area contributed by atoms with Crippen molar-refractivity contribution in [2.24, 2.45) is 11.3 Å². The van der Waals surface area contributed by atoms with Crippen LogP contribution in [0.1, 0.15) is 137 Å². The lowest BCUT2D eigenvalue weighted by Gasteiger charge is -2.22. The molecule has 0 aromatic heterocycles. The van der Waals surface area contributed by atoms with Gasteiger partial charge in [-0.2, -0.15) is 0 Å². The van der Waals surface area contributed by atoms with Gasteiger partial charge in [0.05, 0.1) is 13.2 Å². The van der Waals surface area contributed by atoms with Crippen molar-refractivity contribution in [2.75, 3.05) is 13.2 Å². The summed E-state index contributed by atoms with van der Waals surface area (Å²) in [5.41, 5.74) is 0.239. The molecular weight excluding hydrogens is 388 g/mol. The normalized spacial score (nSPS) is 12.5. The Kier molecular flexibility index (Phi) is 18.9. The van der Waals surface area contributed by atoms with E-state index in [0.717, 1.165) is 19.3 Å². The molecule has 184 valence electrons. The molecule has 0 aliphatic rings. The van der Waals surface area contributed by atoms with Crippen molar-refractivity contribution >= 4 is 11.9 Å². The van der Waals surface area contributed by atoms with E-state index < -0.39 is 0 Å². The van der Waals surface area contributed by atoms with Crippen LogP contribution >= 0.6 is 0 Å². The van der Waals surface area contributed by atoms with Crippen molar-refractivity contribution in [3.63, 3.8) is 0 Å². The van der Waals surface area contributed by atoms with E-state index in [1.165, 1.54) is 64.2 Å². The SMILES string of the molecule is CCCCCCCCCCCCCCOC(=O)CCCC(=O)OCC(C)CC(C)(C)C. The first-order valence-electron chi connectivity index (χ1n) is 13.1. The largest absolute Gasteiger partial charge is 0.466 e. The molecule has 0 spiro atoms. The first kappa shape index (κ1) is 29.9. The highest BCUT2D eigenvalue weighted by Gasteiger charge is 2.16. The molecule has 0 amide bonds. The number of hydrogen-bond donors (Lipinski definition) is 0. The van der Waals surface area contributed by atoms with Crippen LogP contribution in [0.3, 0.4) is 0 Å². The maximum Gasteiger partial charge on any atom is 0.305 e. The molecule has 31 heavy (non-hydrogen) atoms. The third-order valence-corrected chi connectivity index (χ3v) is 5.51. The van der Waals surface area contributed by atoms with Gasteiger partial charge in [0.15, 0.2) is 0 Å². The summed E-state index contributed by atoms with van der Waals surface area (Å²) < 4.78 is 10.6. The van der Waals surface area contributed by atoms with Gasteiger partial charge in [0.2, 0.25) is 0 Å². The summed E-state index contributed by atoms with van der Waals surface area (Å²) >= 11 is 0. The second-order valence-corrected chi connectivity index (χ2v) is 10.5. The smallest absolute Gasteiger partial charge is 0.305 e. The fourth-order valence-corrected chi connectivity index (χ4v) is 3.99. The molecule has 0 aliphatic carbocycles. The number of carbonyl (C=O) groups is 2. The molecule has 0 aromatic carbocycles. The van der Waals surface area contributed by atoms with Crippen molar-refractivity contribution in [3.8, 4) is 0 Å². The van der Waals surface area contributed by atoms with Crippen molar-refractivity contribution in [2.45, 2.75) is 137 Å². The number of ether oxygens (including phenoxy) is 2. The quantitative estimate of drug-likeness (QED) is 0.142. The molecule has 0 radical (unpaired) electrons. The molecule has 0 fully saturated rings. The molecule has 0 saturated heterocycles. The number of hydrogen-bond acceptors (Lipinski definition) is 4. The van der Waals surface area contributed by atoms with Gasteiger partial charge in [-0.3, -0.25) is 9.59 Å².